The van der Waals surface area contributed by atoms with Crippen LogP contribution in [-0.4, -0.2) is 16.6 Å². The van der Waals surface area contributed by atoms with Gasteiger partial charge in [0.25, 0.3) is 5.91 Å². The van der Waals surface area contributed by atoms with Gasteiger partial charge in [-0.3, -0.25) is 25.1 Å². The lowest BCUT2D eigenvalue weighted by molar-refractivity contribution is -0.429. The third kappa shape index (κ3) is 2.76. The van der Waals surface area contributed by atoms with Gasteiger partial charge >= 0.3 is 0 Å². The van der Waals surface area contributed by atoms with Crippen molar-refractivity contribution in [3.05, 3.63) is 68.9 Å². The van der Waals surface area contributed by atoms with Gasteiger partial charge in [-0.2, -0.15) is 0 Å². The highest BCUT2D eigenvalue weighted by atomic mass is 35.5. The van der Waals surface area contributed by atoms with E-state index in [1.807, 2.05) is 5.43 Å². The number of nitro groups is 1. The number of carbonyl (C=O) groups excluding carboxylic acids is 2. The lowest BCUT2D eigenvalue weighted by atomic mass is 9.73. The van der Waals surface area contributed by atoms with E-state index in [1.54, 1.807) is 12.1 Å². The molecule has 1 aliphatic carbocycles. The van der Waals surface area contributed by atoms with Gasteiger partial charge in [0.1, 0.15) is 5.41 Å². The Bertz CT molecular complexity index is 714. The molecule has 114 valence electrons. The molecule has 0 fully saturated rings. The molecule has 1 aromatic carbocycles. The first-order valence-corrected chi connectivity index (χ1v) is 6.63. The average Bonchev–Trinajstić information content (AvgIpc) is 2.53. The number of amides is 1. The number of hydrogen-bond donors (Lipinski definition) is 2. The Labute approximate surface area is 130 Å². The number of hydrazine groups is 1. The van der Waals surface area contributed by atoms with Crippen LogP contribution in [0.25, 0.3) is 0 Å². The molecule has 3 N–H and O–H groups in total. The molecule has 7 nitrogen and oxygen atoms in total. The van der Waals surface area contributed by atoms with E-state index in [-0.39, 0.29) is 17.7 Å². The summed E-state index contributed by atoms with van der Waals surface area (Å²) >= 11 is 5.85. The Kier molecular flexibility index (Phi) is 4.39. The summed E-state index contributed by atoms with van der Waals surface area (Å²) in [5.74, 6) is 3.73. The third-order valence-corrected chi connectivity index (χ3v) is 3.63. The largest absolute Gasteiger partial charge is 0.293 e. The summed E-state index contributed by atoms with van der Waals surface area (Å²) in [5.41, 5.74) is 0.0622. The van der Waals surface area contributed by atoms with Gasteiger partial charge in [-0.1, -0.05) is 35.9 Å². The fourth-order valence-corrected chi connectivity index (χ4v) is 2.47. The summed E-state index contributed by atoms with van der Waals surface area (Å²) in [7, 11) is 0. The van der Waals surface area contributed by atoms with E-state index in [2.05, 4.69) is 0 Å². The Morgan fingerprint density at radius 1 is 1.41 bits per heavy atom. The first kappa shape index (κ1) is 15.9. The molecule has 1 amide bonds. The zero-order valence-corrected chi connectivity index (χ0v) is 12.0. The molecule has 1 atom stereocenters. The van der Waals surface area contributed by atoms with Crippen LogP contribution in [-0.2, 0) is 4.79 Å². The van der Waals surface area contributed by atoms with Gasteiger partial charge in [-0.15, -0.1) is 0 Å². The molecule has 1 aromatic rings. The van der Waals surface area contributed by atoms with Gasteiger partial charge in [0, 0.05) is 16.7 Å². The standard InChI is InChI=1S/C14H12ClN3O4/c15-10-4-1-3-9(7-10)12(19)14(13(20)17-16)6-2-5-11(8-14)18(21)22/h1-7H,8,16H2,(H,17,20). The molecule has 8 heteroatoms. The summed E-state index contributed by atoms with van der Waals surface area (Å²) < 4.78 is 0. The van der Waals surface area contributed by atoms with E-state index in [9.17, 15) is 19.7 Å². The highest BCUT2D eigenvalue weighted by molar-refractivity contribution is 6.31. The molecule has 0 heterocycles. The zero-order chi connectivity index (χ0) is 16.3. The maximum Gasteiger partial charge on any atom is 0.252 e. The molecule has 0 saturated carbocycles. The van der Waals surface area contributed by atoms with Gasteiger partial charge in [0.2, 0.25) is 5.70 Å². The van der Waals surface area contributed by atoms with E-state index in [0.717, 1.165) is 0 Å². The Morgan fingerprint density at radius 3 is 2.73 bits per heavy atom. The van der Waals surface area contributed by atoms with Crippen molar-refractivity contribution in [3.63, 3.8) is 0 Å². The topological polar surface area (TPSA) is 115 Å². The normalized spacial score (nSPS) is 20.2. The van der Waals surface area contributed by atoms with Crippen LogP contribution in [0.4, 0.5) is 0 Å². The van der Waals surface area contributed by atoms with Crippen LogP contribution in [0.2, 0.25) is 5.02 Å². The van der Waals surface area contributed by atoms with Gasteiger partial charge in [0.05, 0.1) is 11.3 Å². The van der Waals surface area contributed by atoms with Crippen LogP contribution in [0.15, 0.2) is 48.2 Å². The number of carbonyl (C=O) groups is 2. The SMILES string of the molecule is NNC(=O)C1(C(=O)c2cccc(Cl)c2)C=CC=C([N+](=O)[O-])C1. The Hall–Kier alpha value is -2.51. The number of hydrogen-bond acceptors (Lipinski definition) is 5. The van der Waals surface area contributed by atoms with E-state index < -0.39 is 22.0 Å². The molecule has 0 aliphatic heterocycles. The quantitative estimate of drug-likeness (QED) is 0.218. The molecule has 22 heavy (non-hydrogen) atoms. The number of nitrogens with two attached hydrogens (primary N) is 1. The van der Waals surface area contributed by atoms with Crippen molar-refractivity contribution >= 4 is 23.3 Å². The number of nitrogens with zero attached hydrogens (tertiary/aromatic N) is 1. The van der Waals surface area contributed by atoms with Crippen molar-refractivity contribution in [3.8, 4) is 0 Å². The van der Waals surface area contributed by atoms with Crippen molar-refractivity contribution < 1.29 is 14.5 Å². The van der Waals surface area contributed by atoms with Gasteiger partial charge in [0.15, 0.2) is 5.78 Å². The minimum atomic E-state index is -1.77. The highest BCUT2D eigenvalue weighted by Crippen LogP contribution is 2.36. The summed E-state index contributed by atoms with van der Waals surface area (Å²) in [5, 5.41) is 11.3. The minimum Gasteiger partial charge on any atom is -0.293 e. The highest BCUT2D eigenvalue weighted by Gasteiger charge is 2.47. The van der Waals surface area contributed by atoms with Crippen molar-refractivity contribution in [2.75, 3.05) is 0 Å². The predicted octanol–water partition coefficient (Wildman–Crippen LogP) is 1.62. The van der Waals surface area contributed by atoms with Crippen LogP contribution in [0.5, 0.6) is 0 Å². The predicted molar refractivity (Wildman–Crippen MR) is 79.4 cm³/mol. The second-order valence-corrected chi connectivity index (χ2v) is 5.17. The molecule has 1 unspecified atom stereocenters. The smallest absolute Gasteiger partial charge is 0.252 e. The molecular weight excluding hydrogens is 310 g/mol. The first-order valence-electron chi connectivity index (χ1n) is 6.25. The number of allylic oxidation sites excluding steroid dienone is 3. The molecule has 0 spiro atoms. The molecule has 2 rings (SSSR count). The third-order valence-electron chi connectivity index (χ3n) is 3.39. The Balaban J connectivity index is 2.50. The summed E-state index contributed by atoms with van der Waals surface area (Å²) in [6.45, 7) is 0. The van der Waals surface area contributed by atoms with Crippen LogP contribution in [0, 0.1) is 15.5 Å². The number of ketones is 1. The molecule has 1 aliphatic rings. The first-order chi connectivity index (χ1) is 10.4. The van der Waals surface area contributed by atoms with Crippen molar-refractivity contribution in [1.29, 1.82) is 0 Å². The lowest BCUT2D eigenvalue weighted by Gasteiger charge is -2.27. The molecule has 0 radical (unpaired) electrons. The van der Waals surface area contributed by atoms with Crippen molar-refractivity contribution in [1.82, 2.24) is 5.43 Å². The minimum absolute atomic E-state index is 0.172. The van der Waals surface area contributed by atoms with E-state index in [0.29, 0.717) is 5.02 Å². The summed E-state index contributed by atoms with van der Waals surface area (Å²) in [4.78, 5) is 35.3. The number of rotatable bonds is 4. The lowest BCUT2D eigenvalue weighted by Crippen LogP contribution is -2.49. The van der Waals surface area contributed by atoms with Crippen LogP contribution in [0.3, 0.4) is 0 Å². The second kappa shape index (κ2) is 6.08. The van der Waals surface area contributed by atoms with Gasteiger partial charge < -0.3 is 0 Å². The zero-order valence-electron chi connectivity index (χ0n) is 11.3. The summed E-state index contributed by atoms with van der Waals surface area (Å²) in [6, 6.07) is 6.01. The monoisotopic (exact) mass is 321 g/mol. The number of Topliss-reactive ketones (excluding diaryl/α,β-unsaturated/α-hetero) is 1. The van der Waals surface area contributed by atoms with Crippen molar-refractivity contribution in [2.24, 2.45) is 11.3 Å². The van der Waals surface area contributed by atoms with Crippen LogP contribution in [0.1, 0.15) is 16.8 Å². The Morgan fingerprint density at radius 2 is 2.14 bits per heavy atom. The number of benzene rings is 1. The maximum absolute atomic E-state index is 12.8. The van der Waals surface area contributed by atoms with Gasteiger partial charge in [-0.05, 0) is 12.1 Å². The fourth-order valence-electron chi connectivity index (χ4n) is 2.28. The average molecular weight is 322 g/mol. The number of nitrogens with one attached hydrogen (secondary N) is 1. The van der Waals surface area contributed by atoms with E-state index >= 15 is 0 Å². The molecule has 0 bridgehead atoms. The molecule has 0 aromatic heterocycles. The van der Waals surface area contributed by atoms with Crippen molar-refractivity contribution in [2.45, 2.75) is 6.42 Å². The van der Waals surface area contributed by atoms with E-state index in [1.165, 1.54) is 30.4 Å². The summed E-state index contributed by atoms with van der Waals surface area (Å²) in [6.07, 6.45) is 3.48. The molecule has 0 saturated heterocycles. The van der Waals surface area contributed by atoms with Gasteiger partial charge in [-0.25, -0.2) is 5.84 Å². The van der Waals surface area contributed by atoms with E-state index in [4.69, 9.17) is 17.4 Å². The van der Waals surface area contributed by atoms with Crippen LogP contribution >= 0.6 is 11.6 Å². The van der Waals surface area contributed by atoms with Crippen LogP contribution < -0.4 is 11.3 Å². The molecular formula is C14H12ClN3O4. The number of halogens is 1. The second-order valence-electron chi connectivity index (χ2n) is 4.74. The fraction of sp³-hybridized carbons (Fsp3) is 0.143. The maximum atomic E-state index is 12.8.